The Hall–Kier alpha value is -2.49. The molecule has 0 radical (unpaired) electrons. The van der Waals surface area contributed by atoms with Crippen molar-refractivity contribution in [2.45, 2.75) is 23.6 Å². The van der Waals surface area contributed by atoms with Gasteiger partial charge in [0, 0.05) is 22.7 Å². The molecule has 6 aromatic rings. The van der Waals surface area contributed by atoms with E-state index in [-0.39, 0.29) is 160 Å². The summed E-state index contributed by atoms with van der Waals surface area (Å²) in [6, 6.07) is 22.3. The number of benzene rings is 4. The van der Waals surface area contributed by atoms with E-state index in [4.69, 9.17) is 23.2 Å². The van der Waals surface area contributed by atoms with E-state index < -0.39 is 30.0 Å². The average Bonchev–Trinajstić information content (AvgIpc) is 3.09. The smallest absolute Gasteiger partial charge is 0.744 e. The zero-order valence-electron chi connectivity index (χ0n) is 29.9. The molecule has 276 valence electrons. The Labute approximate surface area is 417 Å². The SMILES string of the molecule is Cc1ccccc1Nc1nc(Cl)nc(Nc2ccc(C=Cc3ccc(Nc4nc(Cl)nc(Nc5ccccc5C)n4)cc3S(=O)(=O)[O-])c(S(=O)(=O)[O-])c2)n1.[K+].[K+]. The fourth-order valence-corrected chi connectivity index (χ4v) is 6.67. The van der Waals surface area contributed by atoms with Crippen LogP contribution in [-0.2, 0) is 20.2 Å². The number of hydrogen-bond donors (Lipinski definition) is 4. The van der Waals surface area contributed by atoms with E-state index in [0.717, 1.165) is 23.3 Å². The summed E-state index contributed by atoms with van der Waals surface area (Å²) in [5, 5.41) is 11.4. The van der Waals surface area contributed by atoms with E-state index in [1.165, 1.54) is 36.4 Å². The molecule has 0 aliphatic heterocycles. The van der Waals surface area contributed by atoms with Gasteiger partial charge in [-0.1, -0.05) is 60.7 Å². The largest absolute Gasteiger partial charge is 1.00 e. The van der Waals surface area contributed by atoms with Gasteiger partial charge in [-0.15, -0.1) is 0 Å². The van der Waals surface area contributed by atoms with Crippen LogP contribution in [0.2, 0.25) is 10.6 Å². The first-order valence-electron chi connectivity index (χ1n) is 15.5. The van der Waals surface area contributed by atoms with Crippen molar-refractivity contribution in [1.82, 2.24) is 29.9 Å². The number of aromatic nitrogens is 6. The fraction of sp³-hybridized carbons (Fsp3) is 0.0588. The number of rotatable bonds is 12. The molecule has 0 amide bonds. The molecule has 16 nitrogen and oxygen atoms in total. The third kappa shape index (κ3) is 12.5. The molecule has 4 N–H and O–H groups in total. The van der Waals surface area contributed by atoms with E-state index in [1.54, 1.807) is 0 Å². The Morgan fingerprint density at radius 3 is 1.20 bits per heavy atom. The first-order valence-corrected chi connectivity index (χ1v) is 19.1. The molecule has 2 aromatic heterocycles. The number of hydrogen-bond acceptors (Lipinski definition) is 16. The third-order valence-corrected chi connectivity index (χ3v) is 9.64. The maximum atomic E-state index is 12.4. The summed E-state index contributed by atoms with van der Waals surface area (Å²) >= 11 is 12.2. The molecule has 0 aliphatic rings. The van der Waals surface area contributed by atoms with Crippen molar-refractivity contribution in [3.63, 3.8) is 0 Å². The molecule has 0 atom stereocenters. The van der Waals surface area contributed by atoms with Crippen LogP contribution in [0.5, 0.6) is 0 Å². The first kappa shape index (κ1) is 46.2. The van der Waals surface area contributed by atoms with Crippen molar-refractivity contribution < 1.29 is 129 Å². The minimum Gasteiger partial charge on any atom is -0.744 e. The van der Waals surface area contributed by atoms with Gasteiger partial charge in [-0.3, -0.25) is 0 Å². The summed E-state index contributed by atoms with van der Waals surface area (Å²) < 4.78 is 74.1. The zero-order valence-corrected chi connectivity index (χ0v) is 39.3. The van der Waals surface area contributed by atoms with E-state index in [0.29, 0.717) is 11.4 Å². The zero-order chi connectivity index (χ0) is 38.6. The second kappa shape index (κ2) is 20.0. The van der Waals surface area contributed by atoms with Gasteiger partial charge in [-0.25, -0.2) is 16.8 Å². The number of nitrogens with zero attached hydrogens (tertiary/aromatic N) is 6. The van der Waals surface area contributed by atoms with Crippen LogP contribution >= 0.6 is 23.2 Å². The maximum Gasteiger partial charge on any atom is 1.00 e. The molecule has 0 spiro atoms. The molecule has 0 aliphatic carbocycles. The van der Waals surface area contributed by atoms with E-state index in [9.17, 15) is 25.9 Å². The second-order valence-electron chi connectivity index (χ2n) is 11.4. The molecule has 6 rings (SSSR count). The Morgan fingerprint density at radius 1 is 0.518 bits per heavy atom. The van der Waals surface area contributed by atoms with E-state index in [2.05, 4.69) is 51.2 Å². The van der Waals surface area contributed by atoms with E-state index >= 15 is 0 Å². The van der Waals surface area contributed by atoms with Crippen molar-refractivity contribution in [1.29, 1.82) is 0 Å². The Balaban J connectivity index is 0.00000348. The Kier molecular flexibility index (Phi) is 16.5. The summed E-state index contributed by atoms with van der Waals surface area (Å²) in [5.41, 5.74) is 3.28. The number of aryl methyl sites for hydroxylation is 2. The molecular weight excluding hydrogens is 858 g/mol. The predicted octanol–water partition coefficient (Wildman–Crippen LogP) is 0.941. The van der Waals surface area contributed by atoms with Gasteiger partial charge in [-0.2, -0.15) is 29.9 Å². The van der Waals surface area contributed by atoms with Gasteiger partial charge in [0.1, 0.15) is 20.2 Å². The standard InChI is InChI=1S/C34H28Cl2N10O6S2.2K/c1-19-7-3-5-9-25(19)39-33-43-29(35)41-31(45-33)37-23-15-13-21(27(17-23)53(47,48)49)11-12-22-14-16-24(18-28(22)54(50,51)52)38-32-42-30(36)44-34(46-32)40-26-10-6-4-8-20(26)2;;/h3-18H,1-2H3,(H,47,48,49)(H,50,51,52)(H2,37,39,41,43,45)(H2,38,40,42,44,46);;/q;2*+1/p-2. The predicted molar refractivity (Wildman–Crippen MR) is 203 cm³/mol. The topological polar surface area (TPSA) is 240 Å². The average molecular weight is 884 g/mol. The monoisotopic (exact) mass is 882 g/mol. The van der Waals surface area contributed by atoms with Gasteiger partial charge in [0.15, 0.2) is 0 Å². The van der Waals surface area contributed by atoms with Gasteiger partial charge in [0.05, 0.1) is 9.79 Å². The van der Waals surface area contributed by atoms with Gasteiger partial charge < -0.3 is 30.4 Å². The Morgan fingerprint density at radius 2 is 0.857 bits per heavy atom. The molecule has 0 unspecified atom stereocenters. The Bertz CT molecular complexity index is 2480. The maximum absolute atomic E-state index is 12.4. The second-order valence-corrected chi connectivity index (χ2v) is 14.8. The van der Waals surface area contributed by atoms with Crippen LogP contribution in [0.25, 0.3) is 12.2 Å². The van der Waals surface area contributed by atoms with Gasteiger partial charge >= 0.3 is 103 Å². The molecule has 0 bridgehead atoms. The third-order valence-electron chi connectivity index (χ3n) is 7.52. The fourth-order valence-electron chi connectivity index (χ4n) is 4.96. The number of anilines is 8. The van der Waals surface area contributed by atoms with Crippen molar-refractivity contribution in [2.24, 2.45) is 0 Å². The quantitative estimate of drug-likeness (QED) is 0.0760. The summed E-state index contributed by atoms with van der Waals surface area (Å²) in [4.78, 5) is 23.4. The van der Waals surface area contributed by atoms with Gasteiger partial charge in [-0.05, 0) is 95.7 Å². The molecule has 0 saturated carbocycles. The van der Waals surface area contributed by atoms with Crippen molar-refractivity contribution in [3.8, 4) is 0 Å². The molecule has 0 saturated heterocycles. The van der Waals surface area contributed by atoms with Crippen LogP contribution in [0, 0.1) is 13.8 Å². The van der Waals surface area contributed by atoms with Crippen molar-refractivity contribution >= 4 is 102 Å². The molecule has 56 heavy (non-hydrogen) atoms. The summed E-state index contributed by atoms with van der Waals surface area (Å²) in [5.74, 6) is 0.0948. The van der Waals surface area contributed by atoms with Crippen molar-refractivity contribution in [3.05, 3.63) is 118 Å². The number of para-hydroxylation sites is 2. The molecule has 2 heterocycles. The van der Waals surface area contributed by atoms with Crippen LogP contribution < -0.4 is 124 Å². The summed E-state index contributed by atoms with van der Waals surface area (Å²) in [7, 11) is -10.2. The minimum absolute atomic E-state index is 0. The minimum atomic E-state index is -5.08. The first-order chi connectivity index (χ1) is 25.6. The summed E-state index contributed by atoms with van der Waals surface area (Å²) in [6.07, 6.45) is 2.37. The number of nitrogens with one attached hydrogen (secondary N) is 4. The molecular formula is C34H26Cl2K2N10O6S2. The molecule has 4 aromatic carbocycles. The summed E-state index contributed by atoms with van der Waals surface area (Å²) in [6.45, 7) is 3.77. The van der Waals surface area contributed by atoms with Gasteiger partial charge in [0.25, 0.3) is 0 Å². The van der Waals surface area contributed by atoms with Crippen LogP contribution in [0.15, 0.2) is 94.7 Å². The van der Waals surface area contributed by atoms with Crippen LogP contribution in [0.4, 0.5) is 46.5 Å². The van der Waals surface area contributed by atoms with Crippen LogP contribution in [-0.4, -0.2) is 55.8 Å². The molecule has 22 heteroatoms. The molecule has 0 fully saturated rings. The van der Waals surface area contributed by atoms with Crippen LogP contribution in [0.1, 0.15) is 22.3 Å². The normalized spacial score (nSPS) is 11.3. The van der Waals surface area contributed by atoms with Gasteiger partial charge in [0.2, 0.25) is 34.4 Å². The van der Waals surface area contributed by atoms with Crippen molar-refractivity contribution in [2.75, 3.05) is 21.3 Å². The van der Waals surface area contributed by atoms with Crippen LogP contribution in [0.3, 0.4) is 0 Å². The van der Waals surface area contributed by atoms with E-state index in [1.807, 2.05) is 62.4 Å². The number of halogens is 2.